The number of aromatic nitrogens is 3. The summed E-state index contributed by atoms with van der Waals surface area (Å²) in [6.45, 7) is 0.310. The first-order chi connectivity index (χ1) is 20.3. The summed E-state index contributed by atoms with van der Waals surface area (Å²) < 4.78 is 63.0. The monoisotopic (exact) mass is 619 g/mol. The normalized spacial score (nSPS) is 14.9. The van der Waals surface area contributed by atoms with Gasteiger partial charge in [-0.05, 0) is 62.2 Å². The number of amides is 2. The number of alkyl halides is 3. The average molecular weight is 620 g/mol. The number of fused-ring (bicyclic) bond motifs is 1. The van der Waals surface area contributed by atoms with Gasteiger partial charge in [0.1, 0.15) is 28.6 Å². The molecule has 5 rings (SSSR count). The maximum atomic E-state index is 14.6. The van der Waals surface area contributed by atoms with E-state index in [9.17, 15) is 32.3 Å². The zero-order chi connectivity index (χ0) is 31.1. The maximum Gasteiger partial charge on any atom is 0.424 e. The third kappa shape index (κ3) is 6.13. The summed E-state index contributed by atoms with van der Waals surface area (Å²) in [5.41, 5.74) is 1.38. The van der Waals surface area contributed by atoms with Crippen molar-refractivity contribution in [2.75, 3.05) is 13.2 Å². The van der Waals surface area contributed by atoms with E-state index in [0.717, 1.165) is 31.0 Å². The third-order valence-electron chi connectivity index (χ3n) is 7.00. The Morgan fingerprint density at radius 3 is 2.47 bits per heavy atom. The first kappa shape index (κ1) is 30.2. The van der Waals surface area contributed by atoms with Crippen molar-refractivity contribution in [1.29, 1.82) is 0 Å². The van der Waals surface area contributed by atoms with Gasteiger partial charge in [-0.2, -0.15) is 13.2 Å². The molecule has 1 aliphatic rings. The van der Waals surface area contributed by atoms with Crippen LogP contribution >= 0.6 is 11.6 Å². The number of H-pyrrole nitrogens is 1. The number of carbonyl (C=O) groups excluding carboxylic acids is 2. The van der Waals surface area contributed by atoms with Gasteiger partial charge in [0.25, 0.3) is 5.91 Å². The number of imidazole rings is 1. The summed E-state index contributed by atoms with van der Waals surface area (Å²) in [7, 11) is 0. The fraction of sp³-hybridized carbons (Fsp3) is 0.310. The Kier molecular flexibility index (Phi) is 8.05. The van der Waals surface area contributed by atoms with Crippen LogP contribution in [-0.2, 0) is 16.8 Å². The summed E-state index contributed by atoms with van der Waals surface area (Å²) in [6, 6.07) is 8.20. The van der Waals surface area contributed by atoms with Crippen LogP contribution in [0.4, 0.5) is 17.6 Å². The Balaban J connectivity index is 1.54. The molecule has 0 bridgehead atoms. The van der Waals surface area contributed by atoms with Crippen LogP contribution in [0.25, 0.3) is 22.3 Å². The molecule has 43 heavy (non-hydrogen) atoms. The van der Waals surface area contributed by atoms with Crippen LogP contribution in [0.3, 0.4) is 0 Å². The molecule has 226 valence electrons. The van der Waals surface area contributed by atoms with Crippen molar-refractivity contribution in [3.05, 3.63) is 75.9 Å². The standard InChI is InChI=1S/C29H26ClF4N5O4/c1-2-43-25-16(12-22(35)40)11-21(38-23(25)14-5-7-18(31)8-6-14)28(42,29(32,33)34)13-36-27(41)17-9-19(30)24-20(10-17)37-26(39-24)15-3-4-15/h5-11,15,42H,2-4,12-13H2,1H3,(H2,35,40)(H,36,41)(H,37,39)/t28-/m0/s1. The van der Waals surface area contributed by atoms with Gasteiger partial charge >= 0.3 is 6.18 Å². The van der Waals surface area contributed by atoms with E-state index in [4.69, 9.17) is 22.1 Å². The summed E-state index contributed by atoms with van der Waals surface area (Å²) >= 11 is 6.31. The van der Waals surface area contributed by atoms with Gasteiger partial charge in [-0.1, -0.05) is 11.6 Å². The molecule has 14 heteroatoms. The van der Waals surface area contributed by atoms with Gasteiger partial charge in [-0.15, -0.1) is 0 Å². The molecule has 0 spiro atoms. The van der Waals surface area contributed by atoms with Crippen molar-refractivity contribution in [2.45, 2.75) is 43.9 Å². The van der Waals surface area contributed by atoms with Gasteiger partial charge in [-0.3, -0.25) is 9.59 Å². The van der Waals surface area contributed by atoms with Gasteiger partial charge in [0.15, 0.2) is 0 Å². The number of benzene rings is 2. The average Bonchev–Trinajstić information content (AvgIpc) is 3.70. The number of halogens is 5. The highest BCUT2D eigenvalue weighted by molar-refractivity contribution is 6.35. The molecule has 0 aliphatic heterocycles. The van der Waals surface area contributed by atoms with Gasteiger partial charge in [-0.25, -0.2) is 14.4 Å². The number of hydrogen-bond acceptors (Lipinski definition) is 6. The van der Waals surface area contributed by atoms with Crippen LogP contribution in [0, 0.1) is 5.82 Å². The van der Waals surface area contributed by atoms with E-state index in [2.05, 4.69) is 20.3 Å². The number of nitrogens with zero attached hydrogens (tertiary/aromatic N) is 2. The molecule has 2 aromatic carbocycles. The van der Waals surface area contributed by atoms with Crippen LogP contribution in [0.15, 0.2) is 42.5 Å². The molecular formula is C29H26ClF4N5O4. The van der Waals surface area contributed by atoms with Gasteiger partial charge < -0.3 is 25.9 Å². The van der Waals surface area contributed by atoms with Crippen LogP contribution in [0.1, 0.15) is 53.1 Å². The smallest absolute Gasteiger partial charge is 0.424 e. The van der Waals surface area contributed by atoms with E-state index in [1.165, 1.54) is 24.3 Å². The molecule has 2 aromatic heterocycles. The lowest BCUT2D eigenvalue weighted by Crippen LogP contribution is -2.51. The fourth-order valence-corrected chi connectivity index (χ4v) is 4.91. The van der Waals surface area contributed by atoms with E-state index in [1.807, 2.05) is 0 Å². The van der Waals surface area contributed by atoms with Crippen molar-refractivity contribution in [3.63, 3.8) is 0 Å². The molecule has 0 saturated heterocycles. The zero-order valence-electron chi connectivity index (χ0n) is 22.7. The molecule has 0 radical (unpaired) electrons. The Morgan fingerprint density at radius 1 is 1.16 bits per heavy atom. The Bertz CT molecular complexity index is 1710. The number of carbonyl (C=O) groups is 2. The molecule has 5 N–H and O–H groups in total. The van der Waals surface area contributed by atoms with Crippen molar-refractivity contribution in [3.8, 4) is 17.0 Å². The lowest BCUT2D eigenvalue weighted by molar-refractivity contribution is -0.265. The Hall–Kier alpha value is -4.23. The number of nitrogens with two attached hydrogens (primary N) is 1. The van der Waals surface area contributed by atoms with Crippen LogP contribution in [-0.4, -0.2) is 51.2 Å². The second kappa shape index (κ2) is 11.5. The number of primary amides is 1. The SMILES string of the molecule is CCOc1c(CC(N)=O)cc([C@@](O)(CNC(=O)c2cc(Cl)c3nc(C4CC4)[nH]c3c2)C(F)(F)F)nc1-c1ccc(F)cc1. The third-order valence-corrected chi connectivity index (χ3v) is 7.29. The minimum Gasteiger partial charge on any atom is -0.491 e. The van der Waals surface area contributed by atoms with Gasteiger partial charge in [0.05, 0.1) is 35.8 Å². The van der Waals surface area contributed by atoms with Crippen molar-refractivity contribution in [1.82, 2.24) is 20.3 Å². The molecule has 1 aliphatic carbocycles. The summed E-state index contributed by atoms with van der Waals surface area (Å²) in [4.78, 5) is 36.5. The summed E-state index contributed by atoms with van der Waals surface area (Å²) in [6.07, 6.45) is -3.98. The van der Waals surface area contributed by atoms with E-state index in [1.54, 1.807) is 6.92 Å². The summed E-state index contributed by atoms with van der Waals surface area (Å²) in [5.74, 6) is -1.52. The molecule has 9 nitrogen and oxygen atoms in total. The molecular weight excluding hydrogens is 594 g/mol. The molecule has 1 saturated carbocycles. The lowest BCUT2D eigenvalue weighted by atomic mass is 9.93. The maximum absolute atomic E-state index is 14.6. The molecule has 4 aromatic rings. The van der Waals surface area contributed by atoms with Crippen molar-refractivity contribution >= 4 is 34.4 Å². The number of hydrogen-bond donors (Lipinski definition) is 4. The minimum atomic E-state index is -5.35. The van der Waals surface area contributed by atoms with Gasteiger partial charge in [0.2, 0.25) is 11.5 Å². The number of ether oxygens (including phenoxy) is 1. The van der Waals surface area contributed by atoms with Crippen LogP contribution < -0.4 is 15.8 Å². The highest BCUT2D eigenvalue weighted by Gasteiger charge is 2.56. The number of pyridine rings is 1. The predicted molar refractivity (Wildman–Crippen MR) is 149 cm³/mol. The topological polar surface area (TPSA) is 143 Å². The van der Waals surface area contributed by atoms with Crippen molar-refractivity contribution < 1.29 is 37.0 Å². The predicted octanol–water partition coefficient (Wildman–Crippen LogP) is 4.90. The first-order valence-electron chi connectivity index (χ1n) is 13.3. The summed E-state index contributed by atoms with van der Waals surface area (Å²) in [5, 5.41) is 13.4. The van der Waals surface area contributed by atoms with E-state index < -0.39 is 48.1 Å². The number of aliphatic hydroxyl groups is 1. The van der Waals surface area contributed by atoms with E-state index in [-0.39, 0.29) is 45.7 Å². The number of nitrogens with one attached hydrogen (secondary N) is 2. The number of rotatable bonds is 10. The molecule has 0 unspecified atom stereocenters. The zero-order valence-corrected chi connectivity index (χ0v) is 23.4. The van der Waals surface area contributed by atoms with Gasteiger partial charge in [0, 0.05) is 22.6 Å². The minimum absolute atomic E-state index is 0.0476. The lowest BCUT2D eigenvalue weighted by Gasteiger charge is -2.31. The number of aromatic amines is 1. The largest absolute Gasteiger partial charge is 0.491 e. The van der Waals surface area contributed by atoms with E-state index >= 15 is 0 Å². The first-order valence-corrected chi connectivity index (χ1v) is 13.7. The highest BCUT2D eigenvalue weighted by Crippen LogP contribution is 2.42. The fourth-order valence-electron chi connectivity index (χ4n) is 4.65. The second-order valence-corrected chi connectivity index (χ2v) is 10.6. The van der Waals surface area contributed by atoms with Crippen LogP contribution in [0.5, 0.6) is 5.75 Å². The Labute approximate surface area is 247 Å². The molecule has 1 fully saturated rings. The van der Waals surface area contributed by atoms with Crippen molar-refractivity contribution in [2.24, 2.45) is 5.73 Å². The Morgan fingerprint density at radius 2 is 1.86 bits per heavy atom. The highest BCUT2D eigenvalue weighted by atomic mass is 35.5. The molecule has 1 atom stereocenters. The van der Waals surface area contributed by atoms with Crippen LogP contribution in [0.2, 0.25) is 5.02 Å². The molecule has 2 heterocycles. The second-order valence-electron chi connectivity index (χ2n) is 10.2. The molecule has 2 amide bonds. The van der Waals surface area contributed by atoms with E-state index in [0.29, 0.717) is 16.9 Å². The quantitative estimate of drug-likeness (QED) is 0.186.